The molecule has 0 radical (unpaired) electrons. The Balaban J connectivity index is 2.14. The van der Waals surface area contributed by atoms with E-state index >= 15 is 0 Å². The van der Waals surface area contributed by atoms with E-state index in [2.05, 4.69) is 0 Å². The van der Waals surface area contributed by atoms with E-state index in [0.29, 0.717) is 0 Å². The van der Waals surface area contributed by atoms with Crippen LogP contribution in [0, 0.1) is 0 Å². The highest BCUT2D eigenvalue weighted by Crippen LogP contribution is 2.29. The van der Waals surface area contributed by atoms with Crippen LogP contribution in [0.4, 0.5) is 0 Å². The van der Waals surface area contributed by atoms with Crippen LogP contribution >= 0.6 is 0 Å². The third-order valence-corrected chi connectivity index (χ3v) is 4.49. The topological polar surface area (TPSA) is 158 Å². The summed E-state index contributed by atoms with van der Waals surface area (Å²) in [6.45, 7) is 0.527. The van der Waals surface area contributed by atoms with Crippen molar-refractivity contribution in [2.75, 3.05) is 20.3 Å². The van der Waals surface area contributed by atoms with Gasteiger partial charge in [-0.1, -0.05) is 0 Å². The molecule has 2 rings (SSSR count). The van der Waals surface area contributed by atoms with Crippen molar-refractivity contribution < 1.29 is 49.6 Å². The van der Waals surface area contributed by atoms with Crippen LogP contribution in [-0.2, 0) is 18.9 Å². The molecule has 0 aliphatic carbocycles. The van der Waals surface area contributed by atoms with Gasteiger partial charge >= 0.3 is 0 Å². The summed E-state index contributed by atoms with van der Waals surface area (Å²) in [5, 5.41) is 59.1. The van der Waals surface area contributed by atoms with E-state index in [0.717, 1.165) is 0 Å². The van der Waals surface area contributed by atoms with Crippen molar-refractivity contribution >= 4 is 0 Å². The minimum absolute atomic E-state index is 0.481. The Hall–Kier alpha value is -0.400. The normalized spacial score (nSPS) is 50.0. The first kappa shape index (κ1) is 19.9. The zero-order valence-corrected chi connectivity index (χ0v) is 13.5. The molecule has 24 heavy (non-hydrogen) atoms. The van der Waals surface area contributed by atoms with Crippen molar-refractivity contribution in [3.05, 3.63) is 0 Å². The Kier molecular flexibility index (Phi) is 6.90. The summed E-state index contributed by atoms with van der Waals surface area (Å²) in [5.41, 5.74) is 0. The minimum atomic E-state index is -1.42. The van der Waals surface area contributed by atoms with Crippen LogP contribution in [0.3, 0.4) is 0 Å². The number of hydrogen-bond acceptors (Lipinski definition) is 10. The molecule has 10 nitrogen and oxygen atoms in total. The predicted molar refractivity (Wildman–Crippen MR) is 76.9 cm³/mol. The highest BCUT2D eigenvalue weighted by Gasteiger charge is 2.50. The summed E-state index contributed by atoms with van der Waals surface area (Å²) in [7, 11) is 1.27. The summed E-state index contributed by atoms with van der Waals surface area (Å²) in [6, 6.07) is 0. The third-order valence-electron chi connectivity index (χ3n) is 4.49. The van der Waals surface area contributed by atoms with Gasteiger partial charge in [-0.25, -0.2) is 0 Å². The molecule has 2 aliphatic heterocycles. The van der Waals surface area contributed by atoms with Crippen LogP contribution in [-0.4, -0.2) is 112 Å². The van der Waals surface area contributed by atoms with Crippen LogP contribution < -0.4 is 0 Å². The summed E-state index contributed by atoms with van der Waals surface area (Å²) in [6.07, 6.45) is -11.7. The first-order valence-corrected chi connectivity index (χ1v) is 7.78. The molecular formula is C14H26O10. The van der Waals surface area contributed by atoms with Gasteiger partial charge in [0.15, 0.2) is 6.29 Å². The fraction of sp³-hybridized carbons (Fsp3) is 1.00. The number of methoxy groups -OCH3 is 1. The van der Waals surface area contributed by atoms with Crippen LogP contribution in [0.2, 0.25) is 0 Å². The Bertz CT molecular complexity index is 396. The molecule has 2 aliphatic rings. The zero-order valence-electron chi connectivity index (χ0n) is 13.5. The van der Waals surface area contributed by atoms with E-state index in [4.69, 9.17) is 18.9 Å². The first-order chi connectivity index (χ1) is 11.3. The molecular weight excluding hydrogens is 328 g/mol. The van der Waals surface area contributed by atoms with Gasteiger partial charge in [-0.3, -0.25) is 0 Å². The van der Waals surface area contributed by atoms with E-state index in [9.17, 15) is 30.6 Å². The largest absolute Gasteiger partial charge is 0.394 e. The fourth-order valence-electron chi connectivity index (χ4n) is 3.03. The van der Waals surface area contributed by atoms with E-state index in [1.165, 1.54) is 7.11 Å². The lowest BCUT2D eigenvalue weighted by molar-refractivity contribution is -0.342. The van der Waals surface area contributed by atoms with Gasteiger partial charge in [0, 0.05) is 7.11 Å². The van der Waals surface area contributed by atoms with Crippen molar-refractivity contribution in [3.8, 4) is 0 Å². The molecule has 0 bridgehead atoms. The first-order valence-electron chi connectivity index (χ1n) is 7.78. The van der Waals surface area contributed by atoms with Gasteiger partial charge in [-0.05, 0) is 6.92 Å². The predicted octanol–water partition coefficient (Wildman–Crippen LogP) is -3.67. The van der Waals surface area contributed by atoms with Crippen LogP contribution in [0.25, 0.3) is 0 Å². The van der Waals surface area contributed by atoms with E-state index in [1.54, 1.807) is 6.92 Å². The molecule has 10 heteroatoms. The van der Waals surface area contributed by atoms with Gasteiger partial charge in [0.1, 0.15) is 48.8 Å². The van der Waals surface area contributed by atoms with Crippen molar-refractivity contribution in [1.29, 1.82) is 0 Å². The van der Waals surface area contributed by atoms with Gasteiger partial charge in [0.2, 0.25) is 0 Å². The van der Waals surface area contributed by atoms with Gasteiger partial charge in [0.05, 0.1) is 19.3 Å². The Morgan fingerprint density at radius 3 is 1.88 bits per heavy atom. The highest BCUT2D eigenvalue weighted by atomic mass is 16.7. The number of aliphatic hydroxyl groups is 6. The molecule has 6 N–H and O–H groups in total. The van der Waals surface area contributed by atoms with Gasteiger partial charge < -0.3 is 49.6 Å². The average Bonchev–Trinajstić information content (AvgIpc) is 2.57. The van der Waals surface area contributed by atoms with Gasteiger partial charge in [-0.2, -0.15) is 0 Å². The van der Waals surface area contributed by atoms with E-state index < -0.39 is 74.4 Å². The summed E-state index contributed by atoms with van der Waals surface area (Å²) in [5.74, 6) is 0. The number of aliphatic hydroxyl groups excluding tert-OH is 6. The molecule has 0 spiro atoms. The SMILES string of the molecule is COC1C(O)[C@H](OC2C(O)C(C)OC(CO)[C@H]2O)OC(CO)[C@H]1O. The maximum Gasteiger partial charge on any atom is 0.187 e. The Labute approximate surface area is 139 Å². The molecule has 0 aromatic carbocycles. The Morgan fingerprint density at radius 2 is 1.33 bits per heavy atom. The standard InChI is InChI=1S/C14H26O10/c1-5-8(17)13(10(19)6(3-15)22-5)24-14-11(20)12(21-2)9(18)7(4-16)23-14/h5-20H,3-4H2,1-2H3/t5?,6?,7?,8?,9-,10-,11?,12?,13?,14+/m1/s1. The number of rotatable bonds is 5. The smallest absolute Gasteiger partial charge is 0.187 e. The second-order valence-corrected chi connectivity index (χ2v) is 6.05. The van der Waals surface area contributed by atoms with Crippen LogP contribution in [0.15, 0.2) is 0 Å². The van der Waals surface area contributed by atoms with E-state index in [-0.39, 0.29) is 0 Å². The van der Waals surface area contributed by atoms with Gasteiger partial charge in [-0.15, -0.1) is 0 Å². The lowest BCUT2D eigenvalue weighted by atomic mass is 9.95. The van der Waals surface area contributed by atoms with Crippen LogP contribution in [0.5, 0.6) is 0 Å². The maximum absolute atomic E-state index is 10.2. The van der Waals surface area contributed by atoms with Crippen molar-refractivity contribution in [3.63, 3.8) is 0 Å². The third kappa shape index (κ3) is 3.73. The average molecular weight is 354 g/mol. The molecule has 142 valence electrons. The number of ether oxygens (including phenoxy) is 4. The number of hydrogen-bond donors (Lipinski definition) is 6. The monoisotopic (exact) mass is 354 g/mol. The van der Waals surface area contributed by atoms with E-state index in [1.807, 2.05) is 0 Å². The second-order valence-electron chi connectivity index (χ2n) is 6.05. The summed E-state index contributed by atoms with van der Waals surface area (Å²) < 4.78 is 21.1. The minimum Gasteiger partial charge on any atom is -0.394 e. The molecule has 0 amide bonds. The lowest BCUT2D eigenvalue weighted by Crippen LogP contribution is -2.64. The maximum atomic E-state index is 10.2. The summed E-state index contributed by atoms with van der Waals surface area (Å²) >= 11 is 0. The zero-order chi connectivity index (χ0) is 18.0. The van der Waals surface area contributed by atoms with Crippen LogP contribution in [0.1, 0.15) is 6.92 Å². The quantitative estimate of drug-likeness (QED) is 0.290. The second kappa shape index (κ2) is 8.32. The molecule has 10 atom stereocenters. The van der Waals surface area contributed by atoms with Crippen molar-refractivity contribution in [1.82, 2.24) is 0 Å². The summed E-state index contributed by atoms with van der Waals surface area (Å²) in [4.78, 5) is 0. The molecule has 2 heterocycles. The molecule has 2 fully saturated rings. The molecule has 2 saturated heterocycles. The molecule has 7 unspecified atom stereocenters. The molecule has 0 aromatic rings. The Morgan fingerprint density at radius 1 is 0.792 bits per heavy atom. The van der Waals surface area contributed by atoms with Crippen molar-refractivity contribution in [2.24, 2.45) is 0 Å². The molecule has 0 aromatic heterocycles. The molecule has 0 saturated carbocycles. The highest BCUT2D eigenvalue weighted by molar-refractivity contribution is 4.95. The lowest BCUT2D eigenvalue weighted by Gasteiger charge is -2.46. The van der Waals surface area contributed by atoms with Gasteiger partial charge in [0.25, 0.3) is 0 Å². The van der Waals surface area contributed by atoms with Crippen molar-refractivity contribution in [2.45, 2.75) is 68.1 Å². The fourth-order valence-corrected chi connectivity index (χ4v) is 3.03.